The Morgan fingerprint density at radius 3 is 2.92 bits per heavy atom. The Balaban J connectivity index is 2.48. The number of aromatic nitrogens is 1. The van der Waals surface area contributed by atoms with Gasteiger partial charge >= 0.3 is 0 Å². The second-order valence-corrected chi connectivity index (χ2v) is 2.70. The first-order valence-electron chi connectivity index (χ1n) is 4.13. The van der Waals surface area contributed by atoms with Crippen molar-refractivity contribution in [1.29, 1.82) is 0 Å². The van der Waals surface area contributed by atoms with E-state index in [2.05, 4.69) is 4.98 Å². The van der Waals surface area contributed by atoms with E-state index in [9.17, 15) is 5.11 Å². The lowest BCUT2D eigenvalue weighted by atomic mass is 10.1. The topological polar surface area (TPSA) is 59.1 Å². The molecule has 0 saturated carbocycles. The lowest BCUT2D eigenvalue weighted by Crippen LogP contribution is -2.04. The van der Waals surface area contributed by atoms with Crippen LogP contribution in [0.3, 0.4) is 0 Å². The molecule has 1 aromatic heterocycles. The van der Waals surface area contributed by atoms with Crippen LogP contribution in [0, 0.1) is 0 Å². The molecule has 1 rings (SSSR count). The van der Waals surface area contributed by atoms with Gasteiger partial charge in [0.2, 0.25) is 0 Å². The van der Waals surface area contributed by atoms with E-state index in [1.54, 1.807) is 6.20 Å². The Labute approximate surface area is 72.2 Å². The lowest BCUT2D eigenvalue weighted by Gasteiger charge is -2.07. The zero-order valence-electron chi connectivity index (χ0n) is 6.98. The zero-order chi connectivity index (χ0) is 8.81. The van der Waals surface area contributed by atoms with Crippen molar-refractivity contribution in [1.82, 2.24) is 4.98 Å². The van der Waals surface area contributed by atoms with Gasteiger partial charge in [0.25, 0.3) is 0 Å². The highest BCUT2D eigenvalue weighted by atomic mass is 16.3. The standard InChI is InChI=1S/C9H14N2O/c10-6-3-5-9(12)8-4-1-2-7-11-8/h1-2,4,7,9,12H,3,5-6,10H2. The molecule has 1 unspecified atom stereocenters. The maximum absolute atomic E-state index is 9.53. The van der Waals surface area contributed by atoms with E-state index in [1.165, 1.54) is 0 Å². The van der Waals surface area contributed by atoms with Crippen molar-refractivity contribution in [3.05, 3.63) is 30.1 Å². The minimum atomic E-state index is -0.463. The molecule has 0 aromatic carbocycles. The van der Waals surface area contributed by atoms with E-state index in [0.29, 0.717) is 13.0 Å². The molecule has 3 heteroatoms. The summed E-state index contributed by atoms with van der Waals surface area (Å²) in [4.78, 5) is 4.04. The highest BCUT2D eigenvalue weighted by Crippen LogP contribution is 2.14. The molecule has 0 aliphatic rings. The van der Waals surface area contributed by atoms with Gasteiger partial charge in [-0.15, -0.1) is 0 Å². The highest BCUT2D eigenvalue weighted by Gasteiger charge is 2.06. The Morgan fingerprint density at radius 2 is 2.33 bits per heavy atom. The Morgan fingerprint density at radius 1 is 1.50 bits per heavy atom. The van der Waals surface area contributed by atoms with E-state index in [0.717, 1.165) is 12.1 Å². The molecule has 3 N–H and O–H groups in total. The predicted octanol–water partition coefficient (Wildman–Crippen LogP) is 0.854. The number of aliphatic hydroxyl groups excluding tert-OH is 1. The van der Waals surface area contributed by atoms with E-state index in [1.807, 2.05) is 18.2 Å². The molecule has 0 radical (unpaired) electrons. The van der Waals surface area contributed by atoms with Gasteiger partial charge in [0.05, 0.1) is 11.8 Å². The quantitative estimate of drug-likeness (QED) is 0.697. The summed E-state index contributed by atoms with van der Waals surface area (Å²) in [6, 6.07) is 5.52. The molecule has 0 saturated heterocycles. The molecule has 0 spiro atoms. The van der Waals surface area contributed by atoms with Gasteiger partial charge in [0, 0.05) is 6.20 Å². The minimum absolute atomic E-state index is 0.463. The molecule has 1 aromatic rings. The molecule has 12 heavy (non-hydrogen) atoms. The third kappa shape index (κ3) is 2.60. The van der Waals surface area contributed by atoms with Crippen molar-refractivity contribution in [2.45, 2.75) is 18.9 Å². The lowest BCUT2D eigenvalue weighted by molar-refractivity contribution is 0.161. The molecule has 0 fully saturated rings. The average molecular weight is 166 g/mol. The second-order valence-electron chi connectivity index (χ2n) is 2.70. The zero-order valence-corrected chi connectivity index (χ0v) is 6.98. The second kappa shape index (κ2) is 4.85. The molecule has 3 nitrogen and oxygen atoms in total. The van der Waals surface area contributed by atoms with Crippen LogP contribution in [0.4, 0.5) is 0 Å². The SMILES string of the molecule is NCCCC(O)c1ccccn1. The van der Waals surface area contributed by atoms with Crippen LogP contribution in [0.1, 0.15) is 24.6 Å². The first kappa shape index (κ1) is 9.16. The van der Waals surface area contributed by atoms with Crippen molar-refractivity contribution in [2.24, 2.45) is 5.73 Å². The summed E-state index contributed by atoms with van der Waals surface area (Å²) in [7, 11) is 0. The van der Waals surface area contributed by atoms with Gasteiger partial charge in [0.1, 0.15) is 0 Å². The summed E-state index contributed by atoms with van der Waals surface area (Å²) >= 11 is 0. The molecule has 66 valence electrons. The monoisotopic (exact) mass is 166 g/mol. The van der Waals surface area contributed by atoms with Gasteiger partial charge in [-0.2, -0.15) is 0 Å². The van der Waals surface area contributed by atoms with Gasteiger partial charge in [-0.05, 0) is 31.5 Å². The first-order chi connectivity index (χ1) is 5.84. The van der Waals surface area contributed by atoms with Gasteiger partial charge in [-0.25, -0.2) is 0 Å². The van der Waals surface area contributed by atoms with Crippen molar-refractivity contribution in [3.8, 4) is 0 Å². The molecule has 1 atom stereocenters. The Kier molecular flexibility index (Phi) is 3.70. The fraction of sp³-hybridized carbons (Fsp3) is 0.444. The molecular formula is C9H14N2O. The smallest absolute Gasteiger partial charge is 0.0960 e. The third-order valence-corrected chi connectivity index (χ3v) is 1.71. The van der Waals surface area contributed by atoms with Gasteiger partial charge in [-0.1, -0.05) is 6.07 Å². The fourth-order valence-electron chi connectivity index (χ4n) is 1.03. The minimum Gasteiger partial charge on any atom is -0.387 e. The van der Waals surface area contributed by atoms with E-state index in [4.69, 9.17) is 5.73 Å². The molecule has 0 amide bonds. The predicted molar refractivity (Wildman–Crippen MR) is 47.5 cm³/mol. The molecule has 0 bridgehead atoms. The maximum Gasteiger partial charge on any atom is 0.0960 e. The fourth-order valence-corrected chi connectivity index (χ4v) is 1.03. The molecular weight excluding hydrogens is 152 g/mol. The first-order valence-corrected chi connectivity index (χ1v) is 4.13. The van der Waals surface area contributed by atoms with Crippen LogP contribution in [-0.2, 0) is 0 Å². The summed E-state index contributed by atoms with van der Waals surface area (Å²) in [5.41, 5.74) is 6.05. The van der Waals surface area contributed by atoms with Gasteiger partial charge < -0.3 is 10.8 Å². The number of hydrogen-bond acceptors (Lipinski definition) is 3. The maximum atomic E-state index is 9.53. The summed E-state index contributed by atoms with van der Waals surface area (Å²) < 4.78 is 0. The van der Waals surface area contributed by atoms with Crippen LogP contribution in [0.5, 0.6) is 0 Å². The highest BCUT2D eigenvalue weighted by molar-refractivity contribution is 5.06. The largest absolute Gasteiger partial charge is 0.387 e. The van der Waals surface area contributed by atoms with Crippen LogP contribution in [0.25, 0.3) is 0 Å². The van der Waals surface area contributed by atoms with Gasteiger partial charge in [-0.3, -0.25) is 4.98 Å². The van der Waals surface area contributed by atoms with Crippen LogP contribution in [0.2, 0.25) is 0 Å². The Bertz CT molecular complexity index is 213. The summed E-state index contributed by atoms with van der Waals surface area (Å²) in [6.07, 6.45) is 2.74. The normalized spacial score (nSPS) is 12.8. The number of hydrogen-bond donors (Lipinski definition) is 2. The van der Waals surface area contributed by atoms with E-state index < -0.39 is 6.10 Å². The van der Waals surface area contributed by atoms with Crippen molar-refractivity contribution >= 4 is 0 Å². The van der Waals surface area contributed by atoms with Gasteiger partial charge in [0.15, 0.2) is 0 Å². The number of aliphatic hydroxyl groups is 1. The number of pyridine rings is 1. The number of nitrogens with two attached hydrogens (primary N) is 1. The summed E-state index contributed by atoms with van der Waals surface area (Å²) in [5, 5.41) is 9.53. The van der Waals surface area contributed by atoms with Crippen molar-refractivity contribution in [2.75, 3.05) is 6.54 Å². The van der Waals surface area contributed by atoms with Crippen molar-refractivity contribution in [3.63, 3.8) is 0 Å². The van der Waals surface area contributed by atoms with Crippen LogP contribution < -0.4 is 5.73 Å². The van der Waals surface area contributed by atoms with E-state index >= 15 is 0 Å². The van der Waals surface area contributed by atoms with Crippen molar-refractivity contribution < 1.29 is 5.11 Å². The summed E-state index contributed by atoms with van der Waals surface area (Å²) in [5.74, 6) is 0. The van der Waals surface area contributed by atoms with Crippen LogP contribution >= 0.6 is 0 Å². The van der Waals surface area contributed by atoms with E-state index in [-0.39, 0.29) is 0 Å². The third-order valence-electron chi connectivity index (χ3n) is 1.71. The Hall–Kier alpha value is -0.930. The number of nitrogens with zero attached hydrogens (tertiary/aromatic N) is 1. The number of rotatable bonds is 4. The molecule has 0 aliphatic carbocycles. The average Bonchev–Trinajstić information content (AvgIpc) is 2.15. The summed E-state index contributed by atoms with van der Waals surface area (Å²) in [6.45, 7) is 0.615. The molecule has 1 heterocycles. The molecule has 0 aliphatic heterocycles. The van der Waals surface area contributed by atoms with Crippen LogP contribution in [-0.4, -0.2) is 16.6 Å². The van der Waals surface area contributed by atoms with Crippen LogP contribution in [0.15, 0.2) is 24.4 Å².